The Balaban J connectivity index is 1.53. The highest BCUT2D eigenvalue weighted by Gasteiger charge is 2.31. The number of anilines is 2. The predicted octanol–water partition coefficient (Wildman–Crippen LogP) is 3.88. The topological polar surface area (TPSA) is 41.1 Å². The zero-order valence-corrected chi connectivity index (χ0v) is 12.4. The summed E-state index contributed by atoms with van der Waals surface area (Å²) in [5.41, 5.74) is 2.03. The van der Waals surface area contributed by atoms with Gasteiger partial charge >= 0.3 is 0 Å². The van der Waals surface area contributed by atoms with E-state index in [1.165, 1.54) is 12.8 Å². The molecule has 0 unspecified atom stereocenters. The van der Waals surface area contributed by atoms with E-state index in [0.29, 0.717) is 6.04 Å². The van der Waals surface area contributed by atoms with Gasteiger partial charge in [-0.2, -0.15) is 0 Å². The molecule has 1 amide bonds. The second-order valence-corrected chi connectivity index (χ2v) is 6.66. The summed E-state index contributed by atoms with van der Waals surface area (Å²) < 4.78 is 0. The maximum Gasteiger partial charge on any atom is 0.227 e. The summed E-state index contributed by atoms with van der Waals surface area (Å²) in [6.07, 6.45) is 4.61. The van der Waals surface area contributed by atoms with E-state index in [9.17, 15) is 4.79 Å². The first-order chi connectivity index (χ1) is 9.61. The Morgan fingerprint density at radius 1 is 1.20 bits per heavy atom. The molecule has 3 nitrogen and oxygen atoms in total. The average molecular weight is 272 g/mol. The van der Waals surface area contributed by atoms with E-state index in [2.05, 4.69) is 30.5 Å². The SMILES string of the molecule is CC(C)C1CC(Nc2cccc(NC(=O)C3CC3)c2)C1. The number of rotatable bonds is 5. The number of nitrogens with one attached hydrogen (secondary N) is 2. The quantitative estimate of drug-likeness (QED) is 0.854. The van der Waals surface area contributed by atoms with Gasteiger partial charge in [0, 0.05) is 23.3 Å². The summed E-state index contributed by atoms with van der Waals surface area (Å²) in [7, 11) is 0. The first kappa shape index (κ1) is 13.5. The molecule has 1 aromatic carbocycles. The molecule has 0 aliphatic heterocycles. The maximum absolute atomic E-state index is 11.8. The monoisotopic (exact) mass is 272 g/mol. The summed E-state index contributed by atoms with van der Waals surface area (Å²) in [6.45, 7) is 4.60. The number of benzene rings is 1. The first-order valence-electron chi connectivity index (χ1n) is 7.79. The smallest absolute Gasteiger partial charge is 0.227 e. The van der Waals surface area contributed by atoms with Gasteiger partial charge in [0.2, 0.25) is 5.91 Å². The fraction of sp³-hybridized carbons (Fsp3) is 0.588. The van der Waals surface area contributed by atoms with Gasteiger partial charge in [-0.25, -0.2) is 0 Å². The third-order valence-corrected chi connectivity index (χ3v) is 4.57. The Kier molecular flexibility index (Phi) is 3.68. The Hall–Kier alpha value is -1.51. The van der Waals surface area contributed by atoms with Crippen molar-refractivity contribution in [2.75, 3.05) is 10.6 Å². The predicted molar refractivity (Wildman–Crippen MR) is 82.8 cm³/mol. The van der Waals surface area contributed by atoms with Crippen LogP contribution in [0.2, 0.25) is 0 Å². The molecule has 2 saturated carbocycles. The molecule has 3 rings (SSSR count). The fourth-order valence-electron chi connectivity index (χ4n) is 2.84. The Labute approximate surface area is 121 Å². The van der Waals surface area contributed by atoms with Crippen molar-refractivity contribution in [2.45, 2.75) is 45.6 Å². The second-order valence-electron chi connectivity index (χ2n) is 6.66. The summed E-state index contributed by atoms with van der Waals surface area (Å²) >= 11 is 0. The van der Waals surface area contributed by atoms with Gasteiger partial charge < -0.3 is 10.6 Å². The standard InChI is InChI=1S/C17H24N2O/c1-11(2)13-8-16(9-13)18-14-4-3-5-15(10-14)19-17(20)12-6-7-12/h3-5,10-13,16,18H,6-9H2,1-2H3,(H,19,20). The Bertz CT molecular complexity index is 488. The highest BCUT2D eigenvalue weighted by molar-refractivity contribution is 5.94. The zero-order chi connectivity index (χ0) is 14.1. The largest absolute Gasteiger partial charge is 0.382 e. The molecule has 2 N–H and O–H groups in total. The molecule has 3 heteroatoms. The lowest BCUT2D eigenvalue weighted by atomic mass is 9.73. The molecule has 0 atom stereocenters. The Morgan fingerprint density at radius 2 is 1.90 bits per heavy atom. The summed E-state index contributed by atoms with van der Waals surface area (Å²) in [4.78, 5) is 11.8. The van der Waals surface area contributed by atoms with Crippen molar-refractivity contribution in [3.05, 3.63) is 24.3 Å². The number of carbonyl (C=O) groups is 1. The van der Waals surface area contributed by atoms with Crippen molar-refractivity contribution < 1.29 is 4.79 Å². The van der Waals surface area contributed by atoms with E-state index in [1.54, 1.807) is 0 Å². The third kappa shape index (κ3) is 3.14. The van der Waals surface area contributed by atoms with Gasteiger partial charge in [0.15, 0.2) is 0 Å². The fourth-order valence-corrected chi connectivity index (χ4v) is 2.84. The van der Waals surface area contributed by atoms with Crippen LogP contribution in [0.15, 0.2) is 24.3 Å². The van der Waals surface area contributed by atoms with E-state index in [1.807, 2.05) is 18.2 Å². The lowest BCUT2D eigenvalue weighted by molar-refractivity contribution is -0.117. The molecule has 0 heterocycles. The van der Waals surface area contributed by atoms with E-state index in [4.69, 9.17) is 0 Å². The highest BCUT2D eigenvalue weighted by Crippen LogP contribution is 2.36. The number of hydrogen-bond donors (Lipinski definition) is 2. The average Bonchev–Trinajstić information content (AvgIpc) is 3.17. The van der Waals surface area contributed by atoms with Crippen LogP contribution in [-0.4, -0.2) is 11.9 Å². The van der Waals surface area contributed by atoms with E-state index in [-0.39, 0.29) is 11.8 Å². The zero-order valence-electron chi connectivity index (χ0n) is 12.4. The highest BCUT2D eigenvalue weighted by atomic mass is 16.2. The van der Waals surface area contributed by atoms with E-state index in [0.717, 1.165) is 36.1 Å². The second kappa shape index (κ2) is 5.47. The van der Waals surface area contributed by atoms with Crippen LogP contribution in [0.25, 0.3) is 0 Å². The number of amides is 1. The van der Waals surface area contributed by atoms with Gasteiger partial charge in [0.05, 0.1) is 0 Å². The number of carbonyl (C=O) groups excluding carboxylic acids is 1. The number of hydrogen-bond acceptors (Lipinski definition) is 2. The van der Waals surface area contributed by atoms with Crippen LogP contribution in [0.5, 0.6) is 0 Å². The lowest BCUT2D eigenvalue weighted by Gasteiger charge is -2.39. The molecule has 1 aromatic rings. The van der Waals surface area contributed by atoms with Gasteiger partial charge in [0.25, 0.3) is 0 Å². The van der Waals surface area contributed by atoms with Crippen LogP contribution in [-0.2, 0) is 4.79 Å². The Morgan fingerprint density at radius 3 is 2.55 bits per heavy atom. The maximum atomic E-state index is 11.8. The van der Waals surface area contributed by atoms with Crippen molar-refractivity contribution in [3.63, 3.8) is 0 Å². The normalized spacial score (nSPS) is 25.1. The van der Waals surface area contributed by atoms with Gasteiger partial charge in [-0.05, 0) is 55.7 Å². The molecular formula is C17H24N2O. The van der Waals surface area contributed by atoms with Crippen molar-refractivity contribution in [1.29, 1.82) is 0 Å². The van der Waals surface area contributed by atoms with Crippen LogP contribution < -0.4 is 10.6 Å². The van der Waals surface area contributed by atoms with Gasteiger partial charge in [-0.3, -0.25) is 4.79 Å². The molecule has 0 bridgehead atoms. The van der Waals surface area contributed by atoms with E-state index >= 15 is 0 Å². The lowest BCUT2D eigenvalue weighted by Crippen LogP contribution is -2.37. The van der Waals surface area contributed by atoms with Crippen molar-refractivity contribution in [3.8, 4) is 0 Å². The van der Waals surface area contributed by atoms with Crippen LogP contribution in [0.4, 0.5) is 11.4 Å². The minimum atomic E-state index is 0.172. The van der Waals surface area contributed by atoms with Gasteiger partial charge in [0.1, 0.15) is 0 Å². The molecule has 2 aliphatic rings. The van der Waals surface area contributed by atoms with Crippen LogP contribution in [0, 0.1) is 17.8 Å². The molecule has 0 spiro atoms. The van der Waals surface area contributed by atoms with Crippen LogP contribution in [0.1, 0.15) is 39.5 Å². The molecule has 0 aromatic heterocycles. The van der Waals surface area contributed by atoms with Gasteiger partial charge in [-0.1, -0.05) is 19.9 Å². The van der Waals surface area contributed by atoms with Crippen molar-refractivity contribution in [1.82, 2.24) is 0 Å². The molecule has 20 heavy (non-hydrogen) atoms. The van der Waals surface area contributed by atoms with Crippen molar-refractivity contribution in [2.24, 2.45) is 17.8 Å². The molecule has 0 radical (unpaired) electrons. The molecule has 108 valence electrons. The minimum Gasteiger partial charge on any atom is -0.382 e. The molecule has 2 fully saturated rings. The molecular weight excluding hydrogens is 248 g/mol. The van der Waals surface area contributed by atoms with Crippen molar-refractivity contribution >= 4 is 17.3 Å². The van der Waals surface area contributed by atoms with Gasteiger partial charge in [-0.15, -0.1) is 0 Å². The molecule has 2 aliphatic carbocycles. The first-order valence-corrected chi connectivity index (χ1v) is 7.79. The third-order valence-electron chi connectivity index (χ3n) is 4.57. The van der Waals surface area contributed by atoms with Crippen LogP contribution >= 0.6 is 0 Å². The van der Waals surface area contributed by atoms with E-state index < -0.39 is 0 Å². The summed E-state index contributed by atoms with van der Waals surface area (Å²) in [5.74, 6) is 2.08. The summed E-state index contributed by atoms with van der Waals surface area (Å²) in [5, 5.41) is 6.57. The van der Waals surface area contributed by atoms with Crippen LogP contribution in [0.3, 0.4) is 0 Å². The summed E-state index contributed by atoms with van der Waals surface area (Å²) in [6, 6.07) is 8.68. The molecule has 0 saturated heterocycles. The minimum absolute atomic E-state index is 0.172.